The van der Waals surface area contributed by atoms with E-state index in [0.29, 0.717) is 0 Å². The van der Waals surface area contributed by atoms with Crippen molar-refractivity contribution < 1.29 is 0 Å². The summed E-state index contributed by atoms with van der Waals surface area (Å²) >= 11 is 0. The van der Waals surface area contributed by atoms with Crippen LogP contribution in [0.5, 0.6) is 0 Å². The van der Waals surface area contributed by atoms with Crippen molar-refractivity contribution in [2.75, 3.05) is 19.5 Å². The molecule has 0 aromatic carbocycles. The van der Waals surface area contributed by atoms with Gasteiger partial charge in [-0.25, -0.2) is 0 Å². The summed E-state index contributed by atoms with van der Waals surface area (Å²) in [6.07, 6.45) is 7.47. The van der Waals surface area contributed by atoms with Crippen molar-refractivity contribution >= 4 is 7.26 Å². The van der Waals surface area contributed by atoms with E-state index in [1.54, 1.807) is 0 Å². The Balaban J connectivity index is 2.43. The molecule has 0 spiro atoms. The van der Waals surface area contributed by atoms with E-state index >= 15 is 0 Å². The molecule has 0 nitrogen and oxygen atoms in total. The molecule has 0 aromatic heterocycles. The Morgan fingerprint density at radius 3 is 2.36 bits per heavy atom. The van der Waals surface area contributed by atoms with Crippen molar-refractivity contribution in [2.45, 2.75) is 52.1 Å². The molecular formula is C13H29P. The first-order valence-electron chi connectivity index (χ1n) is 6.47. The molecule has 1 fully saturated rings. The molecule has 0 radical (unpaired) electrons. The summed E-state index contributed by atoms with van der Waals surface area (Å²) in [5.74, 6) is 2.07. The molecule has 3 atom stereocenters. The van der Waals surface area contributed by atoms with Gasteiger partial charge in [0.05, 0.1) is 0 Å². The SMILES string of the molecule is CC[PH](C)(C)C(C)CC1CCCC1C. The minimum absolute atomic E-state index is 0.878. The molecule has 86 valence electrons. The Bertz CT molecular complexity index is 174. The zero-order chi connectivity index (χ0) is 10.8. The fourth-order valence-electron chi connectivity index (χ4n) is 2.69. The van der Waals surface area contributed by atoms with Gasteiger partial charge in [0.15, 0.2) is 0 Å². The molecule has 1 rings (SSSR count). The standard InChI is InChI=1S/C13H29P/c1-6-14(4,5)12(3)10-13-9-7-8-11(13)2/h11-14H,6-10H2,1-5H3. The van der Waals surface area contributed by atoms with Gasteiger partial charge in [-0.2, -0.15) is 0 Å². The van der Waals surface area contributed by atoms with E-state index in [-0.39, 0.29) is 0 Å². The molecule has 1 aliphatic carbocycles. The first kappa shape index (κ1) is 12.5. The van der Waals surface area contributed by atoms with E-state index < -0.39 is 7.26 Å². The number of rotatable bonds is 4. The molecule has 0 aromatic rings. The van der Waals surface area contributed by atoms with Crippen LogP contribution in [-0.2, 0) is 0 Å². The normalized spacial score (nSPS) is 31.8. The van der Waals surface area contributed by atoms with Gasteiger partial charge in [-0.05, 0) is 0 Å². The first-order valence-corrected chi connectivity index (χ1v) is 9.75. The topological polar surface area (TPSA) is 0 Å². The number of hydrogen-bond donors (Lipinski definition) is 0. The molecule has 0 saturated heterocycles. The zero-order valence-electron chi connectivity index (χ0n) is 10.8. The van der Waals surface area contributed by atoms with Gasteiger partial charge < -0.3 is 0 Å². The van der Waals surface area contributed by atoms with Crippen LogP contribution < -0.4 is 0 Å². The predicted octanol–water partition coefficient (Wildman–Crippen LogP) is 4.23. The molecule has 0 bridgehead atoms. The van der Waals surface area contributed by atoms with Crippen LogP contribution in [0, 0.1) is 11.8 Å². The van der Waals surface area contributed by atoms with E-state index in [1.807, 2.05) is 0 Å². The van der Waals surface area contributed by atoms with Crippen molar-refractivity contribution in [2.24, 2.45) is 11.8 Å². The Hall–Kier alpha value is 0.430. The molecule has 3 unspecified atom stereocenters. The second-order valence-electron chi connectivity index (χ2n) is 6.15. The fraction of sp³-hybridized carbons (Fsp3) is 1.00. The number of hydrogen-bond acceptors (Lipinski definition) is 0. The van der Waals surface area contributed by atoms with E-state index in [4.69, 9.17) is 0 Å². The molecule has 0 N–H and O–H groups in total. The third-order valence-corrected chi connectivity index (χ3v) is 9.67. The van der Waals surface area contributed by atoms with Crippen LogP contribution in [0.1, 0.15) is 46.5 Å². The van der Waals surface area contributed by atoms with Gasteiger partial charge in [0.2, 0.25) is 0 Å². The fourth-order valence-corrected chi connectivity index (χ4v) is 4.33. The van der Waals surface area contributed by atoms with Crippen LogP contribution in [-0.4, -0.2) is 25.2 Å². The quantitative estimate of drug-likeness (QED) is 0.617. The molecule has 1 saturated carbocycles. The van der Waals surface area contributed by atoms with Crippen molar-refractivity contribution in [1.82, 2.24) is 0 Å². The molecule has 14 heavy (non-hydrogen) atoms. The van der Waals surface area contributed by atoms with Crippen molar-refractivity contribution in [3.05, 3.63) is 0 Å². The molecule has 0 aliphatic heterocycles. The van der Waals surface area contributed by atoms with Crippen molar-refractivity contribution in [3.8, 4) is 0 Å². The average molecular weight is 216 g/mol. The van der Waals surface area contributed by atoms with Crippen LogP contribution >= 0.6 is 7.26 Å². The third-order valence-electron chi connectivity index (χ3n) is 4.94. The van der Waals surface area contributed by atoms with Gasteiger partial charge in [0.25, 0.3) is 0 Å². The Labute approximate surface area is 91.2 Å². The minimum atomic E-state index is -0.878. The second kappa shape index (κ2) is 4.97. The molecular weight excluding hydrogens is 187 g/mol. The van der Waals surface area contributed by atoms with Crippen LogP contribution in [0.25, 0.3) is 0 Å². The second-order valence-corrected chi connectivity index (χ2v) is 11.8. The van der Waals surface area contributed by atoms with Gasteiger partial charge in [0, 0.05) is 0 Å². The average Bonchev–Trinajstić information content (AvgIpc) is 2.52. The van der Waals surface area contributed by atoms with Crippen LogP contribution in [0.2, 0.25) is 0 Å². The molecule has 0 heterocycles. The van der Waals surface area contributed by atoms with E-state index in [2.05, 4.69) is 34.1 Å². The van der Waals surface area contributed by atoms with Crippen LogP contribution in [0.15, 0.2) is 0 Å². The zero-order valence-corrected chi connectivity index (χ0v) is 11.8. The van der Waals surface area contributed by atoms with E-state index in [0.717, 1.165) is 17.5 Å². The van der Waals surface area contributed by atoms with E-state index in [1.165, 1.54) is 31.8 Å². The van der Waals surface area contributed by atoms with Crippen LogP contribution in [0.4, 0.5) is 0 Å². The Morgan fingerprint density at radius 2 is 1.93 bits per heavy atom. The summed E-state index contributed by atoms with van der Waals surface area (Å²) in [7, 11) is -0.878. The summed E-state index contributed by atoms with van der Waals surface area (Å²) in [5, 5.41) is 0. The maximum absolute atomic E-state index is 2.57. The van der Waals surface area contributed by atoms with Crippen molar-refractivity contribution in [1.29, 1.82) is 0 Å². The maximum atomic E-state index is 2.57. The van der Waals surface area contributed by atoms with Gasteiger partial charge in [-0.15, -0.1) is 0 Å². The van der Waals surface area contributed by atoms with Crippen molar-refractivity contribution in [3.63, 3.8) is 0 Å². The van der Waals surface area contributed by atoms with Crippen LogP contribution in [0.3, 0.4) is 0 Å². The van der Waals surface area contributed by atoms with Gasteiger partial charge in [0.1, 0.15) is 0 Å². The van der Waals surface area contributed by atoms with Gasteiger partial charge >= 0.3 is 90.7 Å². The summed E-state index contributed by atoms with van der Waals surface area (Å²) in [6.45, 7) is 12.5. The summed E-state index contributed by atoms with van der Waals surface area (Å²) in [6, 6.07) is 0. The van der Waals surface area contributed by atoms with Gasteiger partial charge in [-0.1, -0.05) is 0 Å². The first-order chi connectivity index (χ1) is 6.47. The van der Waals surface area contributed by atoms with Gasteiger partial charge in [-0.3, -0.25) is 0 Å². The summed E-state index contributed by atoms with van der Waals surface area (Å²) in [5.41, 5.74) is 1.03. The Kier molecular flexibility index (Phi) is 4.44. The van der Waals surface area contributed by atoms with E-state index in [9.17, 15) is 0 Å². The Morgan fingerprint density at radius 1 is 1.29 bits per heavy atom. The predicted molar refractivity (Wildman–Crippen MR) is 71.3 cm³/mol. The molecule has 1 aliphatic rings. The summed E-state index contributed by atoms with van der Waals surface area (Å²) < 4.78 is 0. The third kappa shape index (κ3) is 2.96. The summed E-state index contributed by atoms with van der Waals surface area (Å²) in [4.78, 5) is 0. The molecule has 0 amide bonds. The molecule has 1 heteroatoms. The monoisotopic (exact) mass is 216 g/mol.